The van der Waals surface area contributed by atoms with Gasteiger partial charge in [-0.2, -0.15) is 0 Å². The second-order valence-electron chi connectivity index (χ2n) is 3.88. The Morgan fingerprint density at radius 3 is 2.70 bits per heavy atom. The normalized spacial score (nSPS) is 10.2. The molecule has 1 amide bonds. The van der Waals surface area contributed by atoms with Crippen LogP contribution in [0.2, 0.25) is 0 Å². The zero-order chi connectivity index (χ0) is 14.5. The lowest BCUT2D eigenvalue weighted by Crippen LogP contribution is -2.30. The van der Waals surface area contributed by atoms with Gasteiger partial charge in [0.15, 0.2) is 0 Å². The maximum absolute atomic E-state index is 11.3. The number of hydrazine groups is 1. The molecule has 0 atom stereocenters. The first kappa shape index (κ1) is 15.0. The van der Waals surface area contributed by atoms with Crippen LogP contribution in [-0.2, 0) is 6.61 Å². The van der Waals surface area contributed by atoms with E-state index >= 15 is 0 Å². The molecule has 0 fully saturated rings. The summed E-state index contributed by atoms with van der Waals surface area (Å²) in [6.45, 7) is 0.310. The second kappa shape index (κ2) is 6.83. The Morgan fingerprint density at radius 1 is 1.30 bits per heavy atom. The summed E-state index contributed by atoms with van der Waals surface area (Å²) in [6.07, 6.45) is 1.46. The molecule has 1 aromatic heterocycles. The van der Waals surface area contributed by atoms with E-state index in [1.165, 1.54) is 6.20 Å². The lowest BCUT2D eigenvalue weighted by Gasteiger charge is -2.08. The van der Waals surface area contributed by atoms with Crippen LogP contribution in [0.4, 0.5) is 0 Å². The van der Waals surface area contributed by atoms with Crippen LogP contribution in [0.3, 0.4) is 0 Å². The van der Waals surface area contributed by atoms with Crippen LogP contribution in [0, 0.1) is 0 Å². The highest BCUT2D eigenvalue weighted by molar-refractivity contribution is 9.11. The predicted octanol–water partition coefficient (Wildman–Crippen LogP) is 2.79. The number of hydrogen-bond acceptors (Lipinski definition) is 4. The standard InChI is InChI=1S/C13H11Br2N3O2/c14-9-2-4-12(11(15)5-9)20-7-10-3-1-8(6-17-10)13(19)18-16/h1-6H,7,16H2,(H,18,19). The molecule has 0 aliphatic heterocycles. The van der Waals surface area contributed by atoms with Gasteiger partial charge in [-0.05, 0) is 46.3 Å². The highest BCUT2D eigenvalue weighted by Gasteiger charge is 2.05. The lowest BCUT2D eigenvalue weighted by molar-refractivity contribution is 0.0953. The zero-order valence-corrected chi connectivity index (χ0v) is 13.4. The number of carbonyl (C=O) groups is 1. The Labute approximate surface area is 132 Å². The van der Waals surface area contributed by atoms with Gasteiger partial charge in [-0.25, -0.2) is 5.84 Å². The molecule has 2 rings (SSSR count). The summed E-state index contributed by atoms with van der Waals surface area (Å²) in [5, 5.41) is 0. The number of nitrogens with two attached hydrogens (primary N) is 1. The van der Waals surface area contributed by atoms with Crippen LogP contribution in [-0.4, -0.2) is 10.9 Å². The van der Waals surface area contributed by atoms with Gasteiger partial charge in [-0.15, -0.1) is 0 Å². The summed E-state index contributed by atoms with van der Waals surface area (Å²) in [5.74, 6) is 5.39. The number of nitrogens with zero attached hydrogens (tertiary/aromatic N) is 1. The molecule has 3 N–H and O–H groups in total. The third-order valence-electron chi connectivity index (χ3n) is 2.49. The molecule has 0 spiro atoms. The second-order valence-corrected chi connectivity index (χ2v) is 5.65. The fourth-order valence-corrected chi connectivity index (χ4v) is 2.63. The van der Waals surface area contributed by atoms with Crippen molar-refractivity contribution < 1.29 is 9.53 Å². The van der Waals surface area contributed by atoms with E-state index < -0.39 is 0 Å². The number of nitrogen functional groups attached to an aromatic ring is 1. The Hall–Kier alpha value is -1.44. The number of benzene rings is 1. The van der Waals surface area contributed by atoms with Crippen molar-refractivity contribution in [3.63, 3.8) is 0 Å². The number of ether oxygens (including phenoxy) is 1. The summed E-state index contributed by atoms with van der Waals surface area (Å²) < 4.78 is 7.47. The molecular weight excluding hydrogens is 390 g/mol. The van der Waals surface area contributed by atoms with Crippen molar-refractivity contribution >= 4 is 37.8 Å². The molecule has 0 aliphatic carbocycles. The van der Waals surface area contributed by atoms with E-state index in [-0.39, 0.29) is 5.91 Å². The van der Waals surface area contributed by atoms with Crippen LogP contribution in [0.15, 0.2) is 45.5 Å². The van der Waals surface area contributed by atoms with E-state index in [1.54, 1.807) is 12.1 Å². The highest BCUT2D eigenvalue weighted by Crippen LogP contribution is 2.28. The van der Waals surface area contributed by atoms with Gasteiger partial charge in [0.25, 0.3) is 5.91 Å². The molecule has 0 saturated carbocycles. The van der Waals surface area contributed by atoms with Crippen LogP contribution in [0.25, 0.3) is 0 Å². The molecule has 7 heteroatoms. The zero-order valence-electron chi connectivity index (χ0n) is 10.3. The van der Waals surface area contributed by atoms with Crippen molar-refractivity contribution in [2.75, 3.05) is 0 Å². The van der Waals surface area contributed by atoms with Gasteiger partial charge in [0.05, 0.1) is 15.7 Å². The highest BCUT2D eigenvalue weighted by atomic mass is 79.9. The molecule has 1 heterocycles. The minimum Gasteiger partial charge on any atom is -0.486 e. The molecule has 1 aromatic carbocycles. The maximum Gasteiger partial charge on any atom is 0.266 e. The van der Waals surface area contributed by atoms with E-state index in [0.717, 1.165) is 14.7 Å². The number of rotatable bonds is 4. The Bertz CT molecular complexity index is 618. The number of halogens is 2. The van der Waals surface area contributed by atoms with Crippen molar-refractivity contribution in [1.82, 2.24) is 10.4 Å². The minimum atomic E-state index is -0.374. The van der Waals surface area contributed by atoms with Gasteiger partial charge in [-0.1, -0.05) is 15.9 Å². The van der Waals surface area contributed by atoms with E-state index in [0.29, 0.717) is 17.9 Å². The largest absolute Gasteiger partial charge is 0.486 e. The van der Waals surface area contributed by atoms with Gasteiger partial charge < -0.3 is 4.74 Å². The van der Waals surface area contributed by atoms with Crippen molar-refractivity contribution in [3.05, 3.63) is 56.7 Å². The molecule has 0 radical (unpaired) electrons. The van der Waals surface area contributed by atoms with Gasteiger partial charge in [0.2, 0.25) is 0 Å². The van der Waals surface area contributed by atoms with E-state index in [9.17, 15) is 4.79 Å². The third kappa shape index (κ3) is 3.78. The first-order valence-corrected chi connectivity index (χ1v) is 7.22. The Balaban J connectivity index is 2.02. The summed E-state index contributed by atoms with van der Waals surface area (Å²) >= 11 is 6.79. The summed E-state index contributed by atoms with van der Waals surface area (Å²) in [7, 11) is 0. The van der Waals surface area contributed by atoms with E-state index in [4.69, 9.17) is 10.6 Å². The Kier molecular flexibility index (Phi) is 5.11. The van der Waals surface area contributed by atoms with Crippen molar-refractivity contribution in [2.45, 2.75) is 6.61 Å². The molecule has 0 bridgehead atoms. The summed E-state index contributed by atoms with van der Waals surface area (Å²) in [5.41, 5.74) is 3.17. The fourth-order valence-electron chi connectivity index (χ4n) is 1.47. The van der Waals surface area contributed by atoms with Crippen molar-refractivity contribution in [1.29, 1.82) is 0 Å². The predicted molar refractivity (Wildman–Crippen MR) is 82.1 cm³/mol. The summed E-state index contributed by atoms with van der Waals surface area (Å²) in [6, 6.07) is 9.01. The van der Waals surface area contributed by atoms with Crippen LogP contribution in [0.5, 0.6) is 5.75 Å². The number of carbonyl (C=O) groups excluding carboxylic acids is 1. The minimum absolute atomic E-state index is 0.310. The van der Waals surface area contributed by atoms with Crippen molar-refractivity contribution in [2.24, 2.45) is 5.84 Å². The third-order valence-corrected chi connectivity index (χ3v) is 3.60. The molecular formula is C13H11Br2N3O2. The van der Waals surface area contributed by atoms with Gasteiger partial charge in [0, 0.05) is 10.7 Å². The van der Waals surface area contributed by atoms with Crippen LogP contribution < -0.4 is 16.0 Å². The van der Waals surface area contributed by atoms with E-state index in [2.05, 4.69) is 42.3 Å². The molecule has 2 aromatic rings. The van der Waals surface area contributed by atoms with Crippen LogP contribution >= 0.6 is 31.9 Å². The fraction of sp³-hybridized carbons (Fsp3) is 0.0769. The quantitative estimate of drug-likeness (QED) is 0.470. The smallest absolute Gasteiger partial charge is 0.266 e. The van der Waals surface area contributed by atoms with Gasteiger partial charge >= 0.3 is 0 Å². The molecule has 104 valence electrons. The number of amides is 1. The first-order chi connectivity index (χ1) is 9.60. The molecule has 0 unspecified atom stereocenters. The monoisotopic (exact) mass is 399 g/mol. The number of aromatic nitrogens is 1. The molecule has 0 aliphatic rings. The number of nitrogens with one attached hydrogen (secondary N) is 1. The van der Waals surface area contributed by atoms with Crippen LogP contribution in [0.1, 0.15) is 16.1 Å². The maximum atomic E-state index is 11.3. The molecule has 20 heavy (non-hydrogen) atoms. The number of pyridine rings is 1. The average molecular weight is 401 g/mol. The molecule has 5 nitrogen and oxygen atoms in total. The lowest BCUT2D eigenvalue weighted by atomic mass is 10.2. The number of hydrogen-bond donors (Lipinski definition) is 2. The van der Waals surface area contributed by atoms with Gasteiger partial charge in [0.1, 0.15) is 12.4 Å². The topological polar surface area (TPSA) is 77.2 Å². The Morgan fingerprint density at radius 2 is 2.10 bits per heavy atom. The first-order valence-electron chi connectivity index (χ1n) is 5.64. The van der Waals surface area contributed by atoms with Gasteiger partial charge in [-0.3, -0.25) is 15.2 Å². The summed E-state index contributed by atoms with van der Waals surface area (Å²) in [4.78, 5) is 15.4. The SMILES string of the molecule is NNC(=O)c1ccc(COc2ccc(Br)cc2Br)nc1. The average Bonchev–Trinajstić information content (AvgIpc) is 2.46. The van der Waals surface area contributed by atoms with E-state index in [1.807, 2.05) is 18.2 Å². The van der Waals surface area contributed by atoms with Crippen molar-refractivity contribution in [3.8, 4) is 5.75 Å². The molecule has 0 saturated heterocycles.